The Balaban J connectivity index is 1.52. The molecule has 0 saturated carbocycles. The quantitative estimate of drug-likeness (QED) is 0.534. The summed E-state index contributed by atoms with van der Waals surface area (Å²) in [5.41, 5.74) is 3.96. The van der Waals surface area contributed by atoms with E-state index in [9.17, 15) is 14.0 Å². The highest BCUT2D eigenvalue weighted by atomic mass is 79.9. The van der Waals surface area contributed by atoms with Gasteiger partial charge in [-0.05, 0) is 78.7 Å². The smallest absolute Gasteiger partial charge is 0.251 e. The van der Waals surface area contributed by atoms with Gasteiger partial charge in [0.05, 0.1) is 21.5 Å². The standard InChI is InChI=1S/C22H22BrFN4O2/c1-13-4-5-17(12-19(13)24)22(30)26-11-10-25-21(29)16-6-8-18(9-7-16)28-15(3)20(23)14(2)27-28/h4-9,12H,10-11H2,1-3H3,(H,25,29)(H,26,30). The zero-order valence-electron chi connectivity index (χ0n) is 16.9. The predicted octanol–water partition coefficient (Wildman–Crippen LogP) is 3.86. The molecule has 0 aliphatic heterocycles. The SMILES string of the molecule is Cc1ccc(C(=O)NCCNC(=O)c2ccc(-n3nc(C)c(Br)c3C)cc2)cc1F. The molecule has 2 aromatic carbocycles. The van der Waals surface area contributed by atoms with E-state index in [1.165, 1.54) is 6.07 Å². The van der Waals surface area contributed by atoms with Gasteiger partial charge < -0.3 is 10.6 Å². The van der Waals surface area contributed by atoms with Crippen LogP contribution in [0.2, 0.25) is 0 Å². The Bertz CT molecular complexity index is 1090. The number of aromatic nitrogens is 2. The van der Waals surface area contributed by atoms with E-state index < -0.39 is 5.82 Å². The molecule has 8 heteroatoms. The molecule has 2 N–H and O–H groups in total. The van der Waals surface area contributed by atoms with Crippen molar-refractivity contribution in [3.05, 3.63) is 80.8 Å². The lowest BCUT2D eigenvalue weighted by atomic mass is 10.1. The third-order valence-corrected chi connectivity index (χ3v) is 5.85. The summed E-state index contributed by atoms with van der Waals surface area (Å²) in [4.78, 5) is 24.4. The van der Waals surface area contributed by atoms with Crippen molar-refractivity contribution in [1.82, 2.24) is 20.4 Å². The third-order valence-electron chi connectivity index (χ3n) is 4.71. The van der Waals surface area contributed by atoms with Gasteiger partial charge in [-0.3, -0.25) is 9.59 Å². The molecule has 0 unspecified atom stereocenters. The van der Waals surface area contributed by atoms with E-state index >= 15 is 0 Å². The summed E-state index contributed by atoms with van der Waals surface area (Å²) < 4.78 is 16.3. The highest BCUT2D eigenvalue weighted by Gasteiger charge is 2.12. The normalized spacial score (nSPS) is 10.7. The van der Waals surface area contributed by atoms with Gasteiger partial charge in [0.1, 0.15) is 5.82 Å². The topological polar surface area (TPSA) is 76.0 Å². The van der Waals surface area contributed by atoms with Crippen molar-refractivity contribution in [2.75, 3.05) is 13.1 Å². The lowest BCUT2D eigenvalue weighted by molar-refractivity contribution is 0.0927. The second-order valence-corrected chi connectivity index (χ2v) is 7.71. The molecular weight excluding hydrogens is 451 g/mol. The first-order chi connectivity index (χ1) is 14.3. The van der Waals surface area contributed by atoms with Crippen molar-refractivity contribution in [3.63, 3.8) is 0 Å². The maximum absolute atomic E-state index is 13.6. The number of carbonyl (C=O) groups excluding carboxylic acids is 2. The maximum atomic E-state index is 13.6. The molecule has 1 heterocycles. The van der Waals surface area contributed by atoms with Crippen LogP contribution in [0.5, 0.6) is 0 Å². The Kier molecular flexibility index (Phi) is 6.66. The highest BCUT2D eigenvalue weighted by molar-refractivity contribution is 9.10. The Morgan fingerprint density at radius 2 is 1.53 bits per heavy atom. The summed E-state index contributed by atoms with van der Waals surface area (Å²) >= 11 is 3.51. The molecule has 3 aromatic rings. The van der Waals surface area contributed by atoms with Crippen molar-refractivity contribution < 1.29 is 14.0 Å². The maximum Gasteiger partial charge on any atom is 0.251 e. The van der Waals surface area contributed by atoms with Crippen LogP contribution >= 0.6 is 15.9 Å². The molecule has 156 valence electrons. The number of aryl methyl sites for hydroxylation is 2. The van der Waals surface area contributed by atoms with Crippen LogP contribution in [-0.4, -0.2) is 34.7 Å². The summed E-state index contributed by atoms with van der Waals surface area (Å²) in [6, 6.07) is 11.4. The highest BCUT2D eigenvalue weighted by Crippen LogP contribution is 2.23. The van der Waals surface area contributed by atoms with Crippen LogP contribution in [0.4, 0.5) is 4.39 Å². The first-order valence-electron chi connectivity index (χ1n) is 9.42. The molecule has 0 saturated heterocycles. The van der Waals surface area contributed by atoms with E-state index in [2.05, 4.69) is 31.7 Å². The number of carbonyl (C=O) groups is 2. The largest absolute Gasteiger partial charge is 0.350 e. The summed E-state index contributed by atoms with van der Waals surface area (Å²) in [6.45, 7) is 6.01. The Morgan fingerprint density at radius 3 is 2.07 bits per heavy atom. The summed E-state index contributed by atoms with van der Waals surface area (Å²) in [6.07, 6.45) is 0. The van der Waals surface area contributed by atoms with Crippen molar-refractivity contribution in [1.29, 1.82) is 0 Å². The fourth-order valence-electron chi connectivity index (χ4n) is 2.92. The van der Waals surface area contributed by atoms with Crippen LogP contribution in [0.1, 0.15) is 37.7 Å². The monoisotopic (exact) mass is 472 g/mol. The van der Waals surface area contributed by atoms with E-state index in [1.807, 2.05) is 30.7 Å². The molecule has 2 amide bonds. The van der Waals surface area contributed by atoms with E-state index in [0.29, 0.717) is 11.1 Å². The molecule has 1 aromatic heterocycles. The number of nitrogens with zero attached hydrogens (tertiary/aromatic N) is 2. The van der Waals surface area contributed by atoms with E-state index in [0.717, 1.165) is 21.5 Å². The number of benzene rings is 2. The minimum atomic E-state index is -0.424. The Labute approximate surface area is 182 Å². The van der Waals surface area contributed by atoms with Gasteiger partial charge in [-0.15, -0.1) is 0 Å². The van der Waals surface area contributed by atoms with Crippen LogP contribution in [0.15, 0.2) is 46.9 Å². The lowest BCUT2D eigenvalue weighted by Crippen LogP contribution is -2.34. The number of hydrogen-bond donors (Lipinski definition) is 2. The number of halogens is 2. The van der Waals surface area contributed by atoms with E-state index in [4.69, 9.17) is 0 Å². The zero-order chi connectivity index (χ0) is 21.8. The molecule has 0 spiro atoms. The van der Waals surface area contributed by atoms with Gasteiger partial charge in [-0.25, -0.2) is 9.07 Å². The Morgan fingerprint density at radius 1 is 0.967 bits per heavy atom. The molecular formula is C22H22BrFN4O2. The fourth-order valence-corrected chi connectivity index (χ4v) is 3.17. The van der Waals surface area contributed by atoms with Crippen LogP contribution in [0.3, 0.4) is 0 Å². The molecule has 0 fully saturated rings. The first-order valence-corrected chi connectivity index (χ1v) is 10.2. The lowest BCUT2D eigenvalue weighted by Gasteiger charge is -2.09. The Hall–Kier alpha value is -3.00. The second kappa shape index (κ2) is 9.21. The van der Waals surface area contributed by atoms with Crippen LogP contribution < -0.4 is 10.6 Å². The fraction of sp³-hybridized carbons (Fsp3) is 0.227. The zero-order valence-corrected chi connectivity index (χ0v) is 18.5. The molecule has 3 rings (SSSR count). The van der Waals surface area contributed by atoms with Crippen LogP contribution in [-0.2, 0) is 0 Å². The average molecular weight is 473 g/mol. The molecule has 0 bridgehead atoms. The summed E-state index contributed by atoms with van der Waals surface area (Å²) in [5.74, 6) is -1.05. The number of amides is 2. The van der Waals surface area contributed by atoms with Crippen molar-refractivity contribution in [2.45, 2.75) is 20.8 Å². The molecule has 6 nitrogen and oxygen atoms in total. The molecule has 0 atom stereocenters. The molecule has 0 aliphatic carbocycles. The first kappa shape index (κ1) is 21.7. The van der Waals surface area contributed by atoms with Crippen molar-refractivity contribution in [2.24, 2.45) is 0 Å². The van der Waals surface area contributed by atoms with Gasteiger partial charge in [0.15, 0.2) is 0 Å². The van der Waals surface area contributed by atoms with Gasteiger partial charge >= 0.3 is 0 Å². The summed E-state index contributed by atoms with van der Waals surface area (Å²) in [5, 5.41) is 9.89. The minimum Gasteiger partial charge on any atom is -0.350 e. The second-order valence-electron chi connectivity index (χ2n) is 6.92. The molecule has 30 heavy (non-hydrogen) atoms. The van der Waals surface area contributed by atoms with E-state index in [1.54, 1.807) is 31.2 Å². The number of nitrogens with one attached hydrogen (secondary N) is 2. The minimum absolute atomic E-state index is 0.234. The van der Waals surface area contributed by atoms with Gasteiger partial charge in [0.2, 0.25) is 0 Å². The third kappa shape index (κ3) is 4.76. The van der Waals surface area contributed by atoms with Gasteiger partial charge in [0.25, 0.3) is 11.8 Å². The predicted molar refractivity (Wildman–Crippen MR) is 117 cm³/mol. The molecule has 0 radical (unpaired) electrons. The van der Waals surface area contributed by atoms with Gasteiger partial charge in [-0.1, -0.05) is 6.07 Å². The number of rotatable bonds is 6. The van der Waals surface area contributed by atoms with E-state index in [-0.39, 0.29) is 30.5 Å². The van der Waals surface area contributed by atoms with Gasteiger partial charge in [-0.2, -0.15) is 5.10 Å². The van der Waals surface area contributed by atoms with Crippen molar-refractivity contribution >= 4 is 27.7 Å². The number of hydrogen-bond acceptors (Lipinski definition) is 3. The average Bonchev–Trinajstić information content (AvgIpc) is 3.00. The van der Waals surface area contributed by atoms with Crippen LogP contribution in [0.25, 0.3) is 5.69 Å². The summed E-state index contributed by atoms with van der Waals surface area (Å²) in [7, 11) is 0. The van der Waals surface area contributed by atoms with Crippen molar-refractivity contribution in [3.8, 4) is 5.69 Å². The van der Waals surface area contributed by atoms with Gasteiger partial charge in [0, 0.05) is 24.2 Å². The molecule has 0 aliphatic rings. The van der Waals surface area contributed by atoms with Crippen LogP contribution in [0, 0.1) is 26.6 Å².